The summed E-state index contributed by atoms with van der Waals surface area (Å²) in [6.07, 6.45) is 2.32. The summed E-state index contributed by atoms with van der Waals surface area (Å²) >= 11 is 6.03. The maximum Gasteiger partial charge on any atom is 0.255 e. The van der Waals surface area contributed by atoms with Gasteiger partial charge in [0.1, 0.15) is 11.6 Å². The molecule has 0 aromatic heterocycles. The molecule has 1 aromatic rings. The van der Waals surface area contributed by atoms with Crippen LogP contribution in [0.1, 0.15) is 41.6 Å². The van der Waals surface area contributed by atoms with Crippen LogP contribution in [-0.4, -0.2) is 29.7 Å². The molecule has 0 radical (unpaired) electrons. The molecule has 3 nitrogen and oxygen atoms in total. The number of halogens is 2. The van der Waals surface area contributed by atoms with Gasteiger partial charge in [0.25, 0.3) is 5.91 Å². The van der Waals surface area contributed by atoms with Gasteiger partial charge in [0, 0.05) is 25.9 Å². The van der Waals surface area contributed by atoms with E-state index >= 15 is 0 Å². The Balaban J connectivity index is 2.18. The molecule has 0 aliphatic heterocycles. The Bertz CT molecular complexity index is 549. The van der Waals surface area contributed by atoms with E-state index in [0.717, 1.165) is 0 Å². The second-order valence-electron chi connectivity index (χ2n) is 5.27. The molecule has 0 spiro atoms. The average Bonchev–Trinajstić information content (AvgIpc) is 2.42. The van der Waals surface area contributed by atoms with Gasteiger partial charge in [0.15, 0.2) is 0 Å². The lowest BCUT2D eigenvalue weighted by atomic mass is 9.93. The smallest absolute Gasteiger partial charge is 0.255 e. The Morgan fingerprint density at radius 3 is 2.55 bits per heavy atom. The van der Waals surface area contributed by atoms with Crippen molar-refractivity contribution in [1.82, 2.24) is 4.90 Å². The van der Waals surface area contributed by atoms with Crippen LogP contribution < -0.4 is 0 Å². The lowest BCUT2D eigenvalue weighted by Crippen LogP contribution is -2.39. The molecule has 1 aromatic carbocycles. The van der Waals surface area contributed by atoms with Crippen LogP contribution in [0.15, 0.2) is 12.1 Å². The van der Waals surface area contributed by atoms with E-state index in [-0.39, 0.29) is 28.3 Å². The molecule has 0 atom stereocenters. The first kappa shape index (κ1) is 15.0. The van der Waals surface area contributed by atoms with Gasteiger partial charge >= 0.3 is 0 Å². The molecule has 1 amide bonds. The number of hydrogen-bond donors (Lipinski definition) is 0. The highest BCUT2D eigenvalue weighted by Crippen LogP contribution is 2.25. The van der Waals surface area contributed by atoms with E-state index in [2.05, 4.69) is 0 Å². The van der Waals surface area contributed by atoms with Crippen molar-refractivity contribution >= 4 is 23.3 Å². The lowest BCUT2D eigenvalue weighted by Gasteiger charge is -2.31. The predicted octanol–water partition coefficient (Wildman–Crippen LogP) is 3.37. The molecule has 20 heavy (non-hydrogen) atoms. The molecule has 0 saturated heterocycles. The fourth-order valence-electron chi connectivity index (χ4n) is 2.48. The van der Waals surface area contributed by atoms with Crippen molar-refractivity contribution in [3.8, 4) is 0 Å². The number of hydrogen-bond acceptors (Lipinski definition) is 2. The summed E-state index contributed by atoms with van der Waals surface area (Å²) < 4.78 is 13.6. The molecule has 2 rings (SSSR count). The predicted molar refractivity (Wildman–Crippen MR) is 75.5 cm³/mol. The van der Waals surface area contributed by atoms with E-state index in [4.69, 9.17) is 11.6 Å². The zero-order valence-electron chi connectivity index (χ0n) is 11.6. The summed E-state index contributed by atoms with van der Waals surface area (Å²) in [6, 6.07) is 2.66. The Labute approximate surface area is 122 Å². The van der Waals surface area contributed by atoms with Gasteiger partial charge < -0.3 is 4.90 Å². The number of amides is 1. The third-order valence-electron chi connectivity index (χ3n) is 3.86. The van der Waals surface area contributed by atoms with Gasteiger partial charge in [0.2, 0.25) is 0 Å². The van der Waals surface area contributed by atoms with E-state index in [1.807, 2.05) is 0 Å². The Morgan fingerprint density at radius 2 is 1.95 bits per heavy atom. The second-order valence-corrected chi connectivity index (χ2v) is 5.67. The molecule has 108 valence electrons. The highest BCUT2D eigenvalue weighted by molar-refractivity contribution is 6.33. The van der Waals surface area contributed by atoms with E-state index in [1.165, 1.54) is 12.1 Å². The molecule has 0 unspecified atom stereocenters. The summed E-state index contributed by atoms with van der Waals surface area (Å²) in [7, 11) is 1.68. The highest BCUT2D eigenvalue weighted by atomic mass is 35.5. The van der Waals surface area contributed by atoms with Crippen molar-refractivity contribution in [2.75, 3.05) is 7.05 Å². The van der Waals surface area contributed by atoms with Crippen LogP contribution in [0.25, 0.3) is 0 Å². The molecule has 1 aliphatic carbocycles. The highest BCUT2D eigenvalue weighted by Gasteiger charge is 2.27. The standard InChI is InChI=1S/C15H17ClFNO2/c1-9-7-13(16)12(8-14(9)17)15(20)18(2)10-3-5-11(19)6-4-10/h7-8,10H,3-6H2,1-2H3. The summed E-state index contributed by atoms with van der Waals surface area (Å²) in [5.74, 6) is -0.500. The topological polar surface area (TPSA) is 37.4 Å². The minimum Gasteiger partial charge on any atom is -0.339 e. The maximum atomic E-state index is 13.6. The SMILES string of the molecule is Cc1cc(Cl)c(C(=O)N(C)C2CCC(=O)CC2)cc1F. The third kappa shape index (κ3) is 3.01. The van der Waals surface area contributed by atoms with Gasteiger partial charge in [-0.15, -0.1) is 0 Å². The molecular formula is C15H17ClFNO2. The van der Waals surface area contributed by atoms with E-state index in [1.54, 1.807) is 18.9 Å². The Hall–Kier alpha value is -1.42. The number of Topliss-reactive ketones (excluding diaryl/α,β-unsaturated/α-hetero) is 1. The molecule has 1 fully saturated rings. The fraction of sp³-hybridized carbons (Fsp3) is 0.467. The summed E-state index contributed by atoms with van der Waals surface area (Å²) in [4.78, 5) is 25.2. The van der Waals surface area contributed by atoms with Gasteiger partial charge in [-0.05, 0) is 37.5 Å². The fourth-order valence-corrected chi connectivity index (χ4v) is 2.78. The lowest BCUT2D eigenvalue weighted by molar-refractivity contribution is -0.121. The largest absolute Gasteiger partial charge is 0.339 e. The minimum atomic E-state index is -0.440. The number of carbonyl (C=O) groups is 2. The molecule has 5 heteroatoms. The molecule has 0 N–H and O–H groups in total. The Morgan fingerprint density at radius 1 is 1.35 bits per heavy atom. The van der Waals surface area contributed by atoms with Gasteiger partial charge in [-0.3, -0.25) is 9.59 Å². The van der Waals surface area contributed by atoms with Gasteiger partial charge in [-0.25, -0.2) is 4.39 Å². The van der Waals surface area contributed by atoms with Crippen molar-refractivity contribution in [2.45, 2.75) is 38.6 Å². The molecular weight excluding hydrogens is 281 g/mol. The van der Waals surface area contributed by atoms with Gasteiger partial charge in [-0.1, -0.05) is 11.6 Å². The summed E-state index contributed by atoms with van der Waals surface area (Å²) in [5, 5.41) is 0.257. The monoisotopic (exact) mass is 297 g/mol. The van der Waals surface area contributed by atoms with Crippen molar-refractivity contribution < 1.29 is 14.0 Å². The van der Waals surface area contributed by atoms with E-state index in [9.17, 15) is 14.0 Å². The van der Waals surface area contributed by atoms with Crippen LogP contribution in [0, 0.1) is 12.7 Å². The van der Waals surface area contributed by atoms with Crippen LogP contribution in [0.5, 0.6) is 0 Å². The zero-order chi connectivity index (χ0) is 14.9. The molecule has 1 aliphatic rings. The quantitative estimate of drug-likeness (QED) is 0.839. The normalized spacial score (nSPS) is 16.3. The molecule has 1 saturated carbocycles. The van der Waals surface area contributed by atoms with Crippen molar-refractivity contribution in [1.29, 1.82) is 0 Å². The zero-order valence-corrected chi connectivity index (χ0v) is 12.3. The number of benzene rings is 1. The number of ketones is 1. The van der Waals surface area contributed by atoms with Gasteiger partial charge in [-0.2, -0.15) is 0 Å². The van der Waals surface area contributed by atoms with Crippen molar-refractivity contribution in [2.24, 2.45) is 0 Å². The van der Waals surface area contributed by atoms with Crippen LogP contribution in [0.2, 0.25) is 5.02 Å². The number of aryl methyl sites for hydroxylation is 1. The first-order valence-electron chi connectivity index (χ1n) is 6.64. The molecule has 0 heterocycles. The van der Waals surface area contributed by atoms with Crippen LogP contribution in [0.3, 0.4) is 0 Å². The van der Waals surface area contributed by atoms with Crippen molar-refractivity contribution in [3.63, 3.8) is 0 Å². The third-order valence-corrected chi connectivity index (χ3v) is 4.17. The second kappa shape index (κ2) is 5.92. The Kier molecular flexibility index (Phi) is 4.43. The van der Waals surface area contributed by atoms with Crippen LogP contribution in [-0.2, 0) is 4.79 Å². The first-order valence-corrected chi connectivity index (χ1v) is 7.02. The number of carbonyl (C=O) groups excluding carboxylic acids is 2. The maximum absolute atomic E-state index is 13.6. The minimum absolute atomic E-state index is 0.0145. The molecule has 0 bridgehead atoms. The average molecular weight is 298 g/mol. The number of rotatable bonds is 2. The van der Waals surface area contributed by atoms with Crippen molar-refractivity contribution in [3.05, 3.63) is 34.1 Å². The summed E-state index contributed by atoms with van der Waals surface area (Å²) in [6.45, 7) is 1.60. The van der Waals surface area contributed by atoms with Gasteiger partial charge in [0.05, 0.1) is 10.6 Å². The van der Waals surface area contributed by atoms with Crippen LogP contribution >= 0.6 is 11.6 Å². The van der Waals surface area contributed by atoms with Crippen LogP contribution in [0.4, 0.5) is 4.39 Å². The number of nitrogens with zero attached hydrogens (tertiary/aromatic N) is 1. The van der Waals surface area contributed by atoms with E-state index < -0.39 is 5.82 Å². The first-order chi connectivity index (χ1) is 9.40. The van der Waals surface area contributed by atoms with E-state index in [0.29, 0.717) is 31.2 Å². The summed E-state index contributed by atoms with van der Waals surface area (Å²) in [5.41, 5.74) is 0.589.